The normalized spacial score (nSPS) is 17.1. The number of morpholine rings is 1. The monoisotopic (exact) mass is 516 g/mol. The third-order valence-corrected chi connectivity index (χ3v) is 6.46. The van der Waals surface area contributed by atoms with Crippen molar-refractivity contribution in [1.29, 1.82) is 0 Å². The van der Waals surface area contributed by atoms with E-state index in [2.05, 4.69) is 0 Å². The molecule has 3 amide bonds. The molecule has 2 aliphatic heterocycles. The van der Waals surface area contributed by atoms with Gasteiger partial charge in [-0.1, -0.05) is 17.7 Å². The summed E-state index contributed by atoms with van der Waals surface area (Å²) in [7, 11) is 1.44. The molecule has 0 saturated carbocycles. The first-order valence-corrected chi connectivity index (χ1v) is 11.8. The quantitative estimate of drug-likeness (QED) is 0.327. The van der Waals surface area contributed by atoms with Crippen molar-refractivity contribution in [2.75, 3.05) is 40.0 Å². The van der Waals surface area contributed by atoms with Gasteiger partial charge >= 0.3 is 5.97 Å². The molecule has 11 heteroatoms. The molecule has 4 rings (SSSR count). The minimum absolute atomic E-state index is 0.142. The third kappa shape index (κ3) is 5.84. The molecule has 2 aliphatic rings. The first-order valence-electron chi connectivity index (χ1n) is 10.6. The van der Waals surface area contributed by atoms with Crippen molar-refractivity contribution in [2.45, 2.75) is 0 Å². The molecule has 0 atom stereocenters. The highest BCUT2D eigenvalue weighted by molar-refractivity contribution is 8.18. The van der Waals surface area contributed by atoms with E-state index in [0.717, 1.165) is 16.7 Å². The summed E-state index contributed by atoms with van der Waals surface area (Å²) in [6.45, 7) is 1.38. The van der Waals surface area contributed by atoms with Gasteiger partial charge < -0.3 is 19.1 Å². The fraction of sp³-hybridized carbons (Fsp3) is 0.250. The van der Waals surface area contributed by atoms with Crippen molar-refractivity contribution >= 4 is 52.5 Å². The number of ether oxygens (including phenoxy) is 3. The highest BCUT2D eigenvalue weighted by Crippen LogP contribution is 2.35. The topological polar surface area (TPSA) is 102 Å². The second kappa shape index (κ2) is 10.9. The summed E-state index contributed by atoms with van der Waals surface area (Å²) in [5, 5.41) is -0.0347. The van der Waals surface area contributed by atoms with Gasteiger partial charge in [0.05, 0.1) is 30.8 Å². The van der Waals surface area contributed by atoms with Crippen molar-refractivity contribution in [3.05, 3.63) is 63.5 Å². The number of hydrogen-bond acceptors (Lipinski definition) is 8. The van der Waals surface area contributed by atoms with Crippen LogP contribution in [-0.4, -0.2) is 72.8 Å². The van der Waals surface area contributed by atoms with E-state index in [4.69, 9.17) is 25.8 Å². The van der Waals surface area contributed by atoms with Crippen molar-refractivity contribution in [3.8, 4) is 11.5 Å². The lowest BCUT2D eigenvalue weighted by atomic mass is 10.1. The molecule has 9 nitrogen and oxygen atoms in total. The summed E-state index contributed by atoms with van der Waals surface area (Å²) in [5.41, 5.74) is 0.808. The Labute approximate surface area is 210 Å². The zero-order valence-corrected chi connectivity index (χ0v) is 20.3. The highest BCUT2D eigenvalue weighted by Gasteiger charge is 2.37. The number of rotatable bonds is 6. The molecule has 2 saturated heterocycles. The molecule has 2 fully saturated rings. The van der Waals surface area contributed by atoms with Gasteiger partial charge in [-0.25, -0.2) is 4.79 Å². The first-order chi connectivity index (χ1) is 16.9. The summed E-state index contributed by atoms with van der Waals surface area (Å²) in [6.07, 6.45) is 1.50. The number of amides is 3. The van der Waals surface area contributed by atoms with Gasteiger partial charge in [-0.2, -0.15) is 0 Å². The molecular weight excluding hydrogens is 496 g/mol. The lowest BCUT2D eigenvalue weighted by molar-refractivity contribution is -0.139. The Morgan fingerprint density at radius 2 is 1.80 bits per heavy atom. The van der Waals surface area contributed by atoms with E-state index in [9.17, 15) is 19.2 Å². The Kier molecular flexibility index (Phi) is 7.74. The maximum absolute atomic E-state index is 12.8. The number of imide groups is 1. The second-order valence-corrected chi connectivity index (χ2v) is 9.00. The van der Waals surface area contributed by atoms with E-state index in [1.165, 1.54) is 31.4 Å². The van der Waals surface area contributed by atoms with Gasteiger partial charge in [0.25, 0.3) is 11.1 Å². The largest absolute Gasteiger partial charge is 0.493 e. The molecule has 0 N–H and O–H groups in total. The minimum Gasteiger partial charge on any atom is -0.493 e. The minimum atomic E-state index is -0.612. The molecule has 0 unspecified atom stereocenters. The Morgan fingerprint density at radius 3 is 2.49 bits per heavy atom. The fourth-order valence-electron chi connectivity index (χ4n) is 3.44. The number of esters is 1. The third-order valence-electron chi connectivity index (χ3n) is 5.30. The predicted octanol–water partition coefficient (Wildman–Crippen LogP) is 3.46. The SMILES string of the molecule is COc1ccc(/C=C2\SC(=O)N(CC(=O)N3CCOCC3)C2=O)cc1OC(=O)c1ccc(Cl)cc1. The number of nitrogens with zero attached hydrogens (tertiary/aromatic N) is 2. The van der Waals surface area contributed by atoms with E-state index in [1.807, 2.05) is 0 Å². The molecule has 35 heavy (non-hydrogen) atoms. The average molecular weight is 517 g/mol. The molecule has 0 aromatic heterocycles. The lowest BCUT2D eigenvalue weighted by Gasteiger charge is -2.28. The highest BCUT2D eigenvalue weighted by atomic mass is 35.5. The van der Waals surface area contributed by atoms with Gasteiger partial charge in [-0.15, -0.1) is 0 Å². The van der Waals surface area contributed by atoms with Crippen LogP contribution in [0.1, 0.15) is 15.9 Å². The van der Waals surface area contributed by atoms with E-state index < -0.39 is 17.1 Å². The van der Waals surface area contributed by atoms with Crippen LogP contribution in [-0.2, 0) is 14.3 Å². The standard InChI is InChI=1S/C24H21ClN2O7S/c1-32-18-7-2-15(12-19(18)34-23(30)16-3-5-17(25)6-4-16)13-20-22(29)27(24(31)35-20)14-21(28)26-8-10-33-11-9-26/h2-7,12-13H,8-11,14H2,1H3/b20-13-. The van der Waals surface area contributed by atoms with Crippen LogP contribution in [0.4, 0.5) is 4.79 Å². The van der Waals surface area contributed by atoms with Crippen LogP contribution < -0.4 is 9.47 Å². The van der Waals surface area contributed by atoms with Gasteiger partial charge in [-0.05, 0) is 59.8 Å². The van der Waals surface area contributed by atoms with Gasteiger partial charge in [-0.3, -0.25) is 19.3 Å². The Morgan fingerprint density at radius 1 is 1.09 bits per heavy atom. The van der Waals surface area contributed by atoms with Gasteiger partial charge in [0.1, 0.15) is 6.54 Å². The average Bonchev–Trinajstić information content (AvgIpc) is 3.12. The first kappa shape index (κ1) is 24.8. The summed E-state index contributed by atoms with van der Waals surface area (Å²) >= 11 is 6.61. The van der Waals surface area contributed by atoms with Crippen LogP contribution in [0.5, 0.6) is 11.5 Å². The molecule has 0 bridgehead atoms. The molecule has 2 heterocycles. The Bertz CT molecular complexity index is 1190. The number of carbonyl (C=O) groups excluding carboxylic acids is 4. The Balaban J connectivity index is 1.50. The van der Waals surface area contributed by atoms with Crippen LogP contribution in [0.15, 0.2) is 47.4 Å². The van der Waals surface area contributed by atoms with E-state index >= 15 is 0 Å². The van der Waals surface area contributed by atoms with E-state index in [-0.39, 0.29) is 23.1 Å². The van der Waals surface area contributed by atoms with Crippen molar-refractivity contribution < 1.29 is 33.4 Å². The fourth-order valence-corrected chi connectivity index (χ4v) is 4.41. The number of thioether (sulfide) groups is 1. The maximum Gasteiger partial charge on any atom is 0.343 e. The van der Waals surface area contributed by atoms with Gasteiger partial charge in [0.2, 0.25) is 5.91 Å². The van der Waals surface area contributed by atoms with Crippen molar-refractivity contribution in [1.82, 2.24) is 9.80 Å². The van der Waals surface area contributed by atoms with Crippen LogP contribution in [0.2, 0.25) is 5.02 Å². The number of halogens is 1. The van der Waals surface area contributed by atoms with Crippen LogP contribution >= 0.6 is 23.4 Å². The van der Waals surface area contributed by atoms with Crippen LogP contribution in [0, 0.1) is 0 Å². The smallest absolute Gasteiger partial charge is 0.343 e. The lowest BCUT2D eigenvalue weighted by Crippen LogP contribution is -2.46. The molecule has 2 aromatic carbocycles. The van der Waals surface area contributed by atoms with Crippen LogP contribution in [0.25, 0.3) is 6.08 Å². The van der Waals surface area contributed by atoms with Crippen molar-refractivity contribution in [2.24, 2.45) is 0 Å². The zero-order chi connectivity index (χ0) is 24.9. The molecular formula is C24H21ClN2O7S. The Hall–Kier alpha value is -3.34. The summed E-state index contributed by atoms with van der Waals surface area (Å²) in [4.78, 5) is 52.9. The molecule has 0 aliphatic carbocycles. The number of methoxy groups -OCH3 is 1. The molecule has 0 radical (unpaired) electrons. The summed E-state index contributed by atoms with van der Waals surface area (Å²) in [5.74, 6) is -1.02. The number of carbonyl (C=O) groups is 4. The van der Waals surface area contributed by atoms with Gasteiger partial charge in [0.15, 0.2) is 11.5 Å². The summed E-state index contributed by atoms with van der Waals surface area (Å²) < 4.78 is 16.0. The number of benzene rings is 2. The van der Waals surface area contributed by atoms with Gasteiger partial charge in [0, 0.05) is 18.1 Å². The predicted molar refractivity (Wildman–Crippen MR) is 129 cm³/mol. The summed E-state index contributed by atoms with van der Waals surface area (Å²) in [6, 6.07) is 11.0. The van der Waals surface area contributed by atoms with E-state index in [0.29, 0.717) is 48.2 Å². The zero-order valence-electron chi connectivity index (χ0n) is 18.7. The van der Waals surface area contributed by atoms with Crippen molar-refractivity contribution in [3.63, 3.8) is 0 Å². The maximum atomic E-state index is 12.8. The molecule has 2 aromatic rings. The second-order valence-electron chi connectivity index (χ2n) is 7.57. The molecule has 182 valence electrons. The molecule has 0 spiro atoms. The van der Waals surface area contributed by atoms with Crippen LogP contribution in [0.3, 0.4) is 0 Å². The van der Waals surface area contributed by atoms with E-state index in [1.54, 1.807) is 29.2 Å². The number of hydrogen-bond donors (Lipinski definition) is 0.